The topological polar surface area (TPSA) is 92.0 Å². The molecule has 28 heavy (non-hydrogen) atoms. The number of aryl methyl sites for hydroxylation is 1. The third kappa shape index (κ3) is 3.61. The van der Waals surface area contributed by atoms with Crippen LogP contribution >= 0.6 is 23.2 Å². The molecule has 2 heterocycles. The van der Waals surface area contributed by atoms with Crippen LogP contribution in [0.25, 0.3) is 21.8 Å². The predicted molar refractivity (Wildman–Crippen MR) is 117 cm³/mol. The molecule has 0 aliphatic heterocycles. The molecule has 0 bridgehead atoms. The summed E-state index contributed by atoms with van der Waals surface area (Å²) in [6.07, 6.45) is 2.06. The van der Waals surface area contributed by atoms with Crippen LogP contribution in [-0.4, -0.2) is 28.1 Å². The molecule has 0 saturated heterocycles. The van der Waals surface area contributed by atoms with Crippen molar-refractivity contribution in [1.82, 2.24) is 15.2 Å². The fourth-order valence-electron chi connectivity index (χ4n) is 3.21. The van der Waals surface area contributed by atoms with Gasteiger partial charge in [-0.3, -0.25) is 4.99 Å². The second-order valence-electron chi connectivity index (χ2n) is 6.49. The summed E-state index contributed by atoms with van der Waals surface area (Å²) in [4.78, 5) is 7.59. The van der Waals surface area contributed by atoms with E-state index in [1.165, 1.54) is 6.34 Å². The van der Waals surface area contributed by atoms with Crippen LogP contribution in [-0.2, 0) is 6.42 Å². The van der Waals surface area contributed by atoms with Crippen LogP contribution in [0, 0.1) is 6.92 Å². The van der Waals surface area contributed by atoms with E-state index in [4.69, 9.17) is 28.9 Å². The van der Waals surface area contributed by atoms with Crippen molar-refractivity contribution in [2.75, 3.05) is 11.9 Å². The van der Waals surface area contributed by atoms with Gasteiger partial charge >= 0.3 is 0 Å². The van der Waals surface area contributed by atoms with E-state index in [-0.39, 0.29) is 0 Å². The van der Waals surface area contributed by atoms with Crippen molar-refractivity contribution in [2.24, 2.45) is 10.7 Å². The van der Waals surface area contributed by atoms with Crippen LogP contribution in [0.3, 0.4) is 0 Å². The van der Waals surface area contributed by atoms with Crippen molar-refractivity contribution in [3.8, 4) is 0 Å². The minimum atomic E-state index is 0.517. The van der Waals surface area contributed by atoms with Crippen molar-refractivity contribution >= 4 is 62.9 Å². The Labute approximate surface area is 171 Å². The van der Waals surface area contributed by atoms with Gasteiger partial charge in [0, 0.05) is 34.0 Å². The normalized spacial score (nSPS) is 11.7. The number of anilines is 2. The van der Waals surface area contributed by atoms with E-state index in [2.05, 4.69) is 37.6 Å². The van der Waals surface area contributed by atoms with Crippen LogP contribution in [0.1, 0.15) is 11.3 Å². The molecule has 4 rings (SSSR count). The van der Waals surface area contributed by atoms with Crippen molar-refractivity contribution in [2.45, 2.75) is 13.3 Å². The zero-order valence-electron chi connectivity index (χ0n) is 15.1. The van der Waals surface area contributed by atoms with E-state index in [1.54, 1.807) is 0 Å². The van der Waals surface area contributed by atoms with Crippen LogP contribution in [0.15, 0.2) is 41.4 Å². The van der Waals surface area contributed by atoms with E-state index >= 15 is 0 Å². The first kappa shape index (κ1) is 18.5. The van der Waals surface area contributed by atoms with Gasteiger partial charge in [0.2, 0.25) is 0 Å². The summed E-state index contributed by atoms with van der Waals surface area (Å²) in [7, 11) is 0. The summed E-state index contributed by atoms with van der Waals surface area (Å²) < 4.78 is 0. The zero-order chi connectivity index (χ0) is 19.7. The quantitative estimate of drug-likeness (QED) is 0.317. The molecule has 0 aliphatic rings. The highest BCUT2D eigenvalue weighted by atomic mass is 35.5. The van der Waals surface area contributed by atoms with Crippen LogP contribution in [0.4, 0.5) is 11.5 Å². The second kappa shape index (κ2) is 7.66. The second-order valence-corrected chi connectivity index (χ2v) is 7.30. The SMILES string of the molecule is Cc1ccc(Nc2cc(CCN=CN)c3[nH]c4cc(Cl)c(Cl)cc4c3c2)nn1. The highest BCUT2D eigenvalue weighted by Gasteiger charge is 2.13. The summed E-state index contributed by atoms with van der Waals surface area (Å²) in [5.74, 6) is 0.678. The van der Waals surface area contributed by atoms with Gasteiger partial charge in [0.15, 0.2) is 5.82 Å². The summed E-state index contributed by atoms with van der Waals surface area (Å²) in [5, 5.41) is 14.7. The minimum Gasteiger partial charge on any atom is -0.390 e. The number of nitrogens with one attached hydrogen (secondary N) is 2. The lowest BCUT2D eigenvalue weighted by Gasteiger charge is -2.09. The Morgan fingerprint density at radius 3 is 2.68 bits per heavy atom. The lowest BCUT2D eigenvalue weighted by Crippen LogP contribution is -1.99. The Kier molecular flexibility index (Phi) is 5.07. The number of hydrogen-bond donors (Lipinski definition) is 3. The number of hydrogen-bond acceptors (Lipinski definition) is 4. The average molecular weight is 413 g/mol. The monoisotopic (exact) mass is 412 g/mol. The van der Waals surface area contributed by atoms with Crippen molar-refractivity contribution in [1.29, 1.82) is 0 Å². The largest absolute Gasteiger partial charge is 0.390 e. The van der Waals surface area contributed by atoms with Crippen LogP contribution in [0.5, 0.6) is 0 Å². The van der Waals surface area contributed by atoms with Gasteiger partial charge in [-0.2, -0.15) is 5.10 Å². The molecule has 2 aromatic carbocycles. The maximum atomic E-state index is 6.26. The Balaban J connectivity index is 1.86. The third-order valence-electron chi connectivity index (χ3n) is 4.52. The van der Waals surface area contributed by atoms with Gasteiger partial charge < -0.3 is 16.0 Å². The number of aromatic amines is 1. The van der Waals surface area contributed by atoms with E-state index in [0.717, 1.165) is 45.2 Å². The molecular formula is C20H18Cl2N6. The molecular weight excluding hydrogens is 395 g/mol. The first-order chi connectivity index (χ1) is 13.5. The molecule has 0 aliphatic carbocycles. The van der Waals surface area contributed by atoms with Gasteiger partial charge in [0.25, 0.3) is 0 Å². The molecule has 0 spiro atoms. The van der Waals surface area contributed by atoms with Crippen LogP contribution in [0.2, 0.25) is 10.0 Å². The number of aromatic nitrogens is 3. The van der Waals surface area contributed by atoms with Gasteiger partial charge in [-0.15, -0.1) is 5.10 Å². The summed E-state index contributed by atoms with van der Waals surface area (Å²) in [6.45, 7) is 2.50. The molecule has 0 saturated carbocycles. The van der Waals surface area contributed by atoms with E-state index < -0.39 is 0 Å². The number of nitrogens with zero attached hydrogens (tertiary/aromatic N) is 3. The first-order valence-electron chi connectivity index (χ1n) is 8.76. The Bertz CT molecular complexity index is 1180. The van der Waals surface area contributed by atoms with Crippen LogP contribution < -0.4 is 11.1 Å². The maximum Gasteiger partial charge on any atom is 0.153 e. The highest BCUT2D eigenvalue weighted by Crippen LogP contribution is 2.36. The number of aliphatic imine (C=N–C) groups is 1. The molecule has 0 radical (unpaired) electrons. The molecule has 4 aromatic rings. The van der Waals surface area contributed by atoms with E-state index in [1.807, 2.05) is 31.2 Å². The molecule has 2 aromatic heterocycles. The fourth-order valence-corrected chi connectivity index (χ4v) is 3.54. The molecule has 0 amide bonds. The Morgan fingerprint density at radius 2 is 1.93 bits per heavy atom. The smallest absolute Gasteiger partial charge is 0.153 e. The molecule has 8 heteroatoms. The van der Waals surface area contributed by atoms with Crippen molar-refractivity contribution < 1.29 is 0 Å². The van der Waals surface area contributed by atoms with Gasteiger partial charge in [-0.1, -0.05) is 23.2 Å². The van der Waals surface area contributed by atoms with Gasteiger partial charge in [0.05, 0.1) is 22.1 Å². The Hall–Kier alpha value is -2.83. The zero-order valence-corrected chi connectivity index (χ0v) is 16.6. The summed E-state index contributed by atoms with van der Waals surface area (Å²) in [6, 6.07) is 11.7. The molecule has 4 N–H and O–H groups in total. The molecule has 0 atom stereocenters. The minimum absolute atomic E-state index is 0.517. The summed E-state index contributed by atoms with van der Waals surface area (Å²) >= 11 is 12.5. The average Bonchev–Trinajstić information content (AvgIpc) is 3.02. The highest BCUT2D eigenvalue weighted by molar-refractivity contribution is 6.43. The van der Waals surface area contributed by atoms with E-state index in [9.17, 15) is 0 Å². The van der Waals surface area contributed by atoms with Gasteiger partial charge in [0.1, 0.15) is 0 Å². The fraction of sp³-hybridized carbons (Fsp3) is 0.150. The predicted octanol–water partition coefficient (Wildman–Crippen LogP) is 5.00. The number of nitrogens with two attached hydrogens (primary N) is 1. The lowest BCUT2D eigenvalue weighted by molar-refractivity contribution is 0.975. The molecule has 6 nitrogen and oxygen atoms in total. The van der Waals surface area contributed by atoms with Gasteiger partial charge in [-0.05, 0) is 55.3 Å². The third-order valence-corrected chi connectivity index (χ3v) is 5.24. The number of H-pyrrole nitrogens is 1. The Morgan fingerprint density at radius 1 is 1.11 bits per heavy atom. The number of rotatable bonds is 5. The maximum absolute atomic E-state index is 6.26. The molecule has 142 valence electrons. The number of fused-ring (bicyclic) bond motifs is 3. The van der Waals surface area contributed by atoms with Crippen molar-refractivity contribution in [3.05, 3.63) is 57.7 Å². The number of halogens is 2. The molecule has 0 fully saturated rings. The number of benzene rings is 2. The summed E-state index contributed by atoms with van der Waals surface area (Å²) in [5.41, 5.74) is 10.2. The van der Waals surface area contributed by atoms with Crippen molar-refractivity contribution in [3.63, 3.8) is 0 Å². The lowest BCUT2D eigenvalue weighted by atomic mass is 10.0. The van der Waals surface area contributed by atoms with Gasteiger partial charge in [-0.25, -0.2) is 0 Å². The standard InChI is InChI=1S/C20H18Cl2N6/c1-11-2-3-19(28-27-11)25-13-6-12(4-5-24-10-23)20-15(7-13)14-8-16(21)17(22)9-18(14)26-20/h2-3,6-10,26H,4-5H2,1H3,(H2,23,24)(H,25,28). The molecule has 0 unspecified atom stereocenters. The first-order valence-corrected chi connectivity index (χ1v) is 9.51. The van der Waals surface area contributed by atoms with E-state index in [0.29, 0.717) is 22.4 Å².